The predicted octanol–water partition coefficient (Wildman–Crippen LogP) is 3.47. The Balaban J connectivity index is 2.01. The Kier molecular flexibility index (Phi) is 8.59. The van der Waals surface area contributed by atoms with Crippen LogP contribution in [0.1, 0.15) is 31.7 Å². The molecule has 1 aromatic rings. The highest BCUT2D eigenvalue weighted by Gasteiger charge is 2.26. The lowest BCUT2D eigenvalue weighted by Gasteiger charge is -2.20. The summed E-state index contributed by atoms with van der Waals surface area (Å²) >= 11 is 0. The Morgan fingerprint density at radius 2 is 2.07 bits per heavy atom. The first kappa shape index (κ1) is 21.5. The van der Waals surface area contributed by atoms with Crippen molar-refractivity contribution in [2.24, 2.45) is 5.92 Å². The highest BCUT2D eigenvalue weighted by molar-refractivity contribution is 5.92. The summed E-state index contributed by atoms with van der Waals surface area (Å²) in [6, 6.07) is 5.47. The van der Waals surface area contributed by atoms with E-state index in [0.717, 1.165) is 18.4 Å². The highest BCUT2D eigenvalue weighted by Crippen LogP contribution is 2.30. The molecule has 0 saturated heterocycles. The zero-order chi connectivity index (χ0) is 20.4. The first-order valence-electron chi connectivity index (χ1n) is 9.61. The third-order valence-electron chi connectivity index (χ3n) is 4.34. The number of amides is 1. The van der Waals surface area contributed by atoms with Crippen LogP contribution < -0.4 is 9.47 Å². The lowest BCUT2D eigenvalue weighted by atomic mass is 10.2. The fraction of sp³-hybridized carbons (Fsp3) is 0.455. The number of esters is 1. The van der Waals surface area contributed by atoms with E-state index in [-0.39, 0.29) is 18.3 Å². The molecule has 0 unspecified atom stereocenters. The van der Waals surface area contributed by atoms with Gasteiger partial charge in [-0.2, -0.15) is 0 Å². The Hall–Kier alpha value is -2.76. The number of methoxy groups -OCH3 is 1. The molecule has 6 nitrogen and oxygen atoms in total. The molecule has 1 saturated carbocycles. The van der Waals surface area contributed by atoms with Crippen molar-refractivity contribution in [2.75, 3.05) is 33.4 Å². The van der Waals surface area contributed by atoms with Crippen molar-refractivity contribution in [2.45, 2.75) is 26.2 Å². The van der Waals surface area contributed by atoms with Gasteiger partial charge >= 0.3 is 5.97 Å². The molecule has 152 valence electrons. The summed E-state index contributed by atoms with van der Waals surface area (Å²) in [4.78, 5) is 26.0. The lowest BCUT2D eigenvalue weighted by molar-refractivity contribution is -0.143. The minimum absolute atomic E-state index is 0.109. The fourth-order valence-electron chi connectivity index (χ4n) is 2.69. The molecule has 0 aliphatic heterocycles. The van der Waals surface area contributed by atoms with E-state index in [1.54, 1.807) is 37.2 Å². The van der Waals surface area contributed by atoms with E-state index in [2.05, 4.69) is 6.58 Å². The van der Waals surface area contributed by atoms with Gasteiger partial charge in [0.2, 0.25) is 5.91 Å². The molecule has 1 amide bonds. The number of hydrogen-bond acceptors (Lipinski definition) is 5. The van der Waals surface area contributed by atoms with E-state index in [0.29, 0.717) is 43.7 Å². The quantitative estimate of drug-likeness (QED) is 0.312. The van der Waals surface area contributed by atoms with E-state index in [9.17, 15) is 9.59 Å². The maximum absolute atomic E-state index is 12.6. The summed E-state index contributed by atoms with van der Waals surface area (Å²) in [6.45, 7) is 7.19. The van der Waals surface area contributed by atoms with Gasteiger partial charge in [0.05, 0.1) is 20.1 Å². The molecule has 0 bridgehead atoms. The molecule has 0 atom stereocenters. The van der Waals surface area contributed by atoms with Gasteiger partial charge in [-0.1, -0.05) is 18.7 Å². The van der Waals surface area contributed by atoms with E-state index in [1.807, 2.05) is 12.1 Å². The van der Waals surface area contributed by atoms with Gasteiger partial charge in [-0.3, -0.25) is 9.59 Å². The predicted molar refractivity (Wildman–Crippen MR) is 108 cm³/mol. The Morgan fingerprint density at radius 1 is 1.29 bits per heavy atom. The van der Waals surface area contributed by atoms with Gasteiger partial charge in [0, 0.05) is 19.2 Å². The number of benzene rings is 1. The molecule has 1 aromatic carbocycles. The number of rotatable bonds is 12. The number of hydrogen-bond donors (Lipinski definition) is 0. The van der Waals surface area contributed by atoms with Crippen molar-refractivity contribution < 1.29 is 23.8 Å². The van der Waals surface area contributed by atoms with Crippen molar-refractivity contribution in [1.29, 1.82) is 0 Å². The largest absolute Gasteiger partial charge is 0.493 e. The Morgan fingerprint density at radius 3 is 2.71 bits per heavy atom. The number of ether oxygens (including phenoxy) is 3. The smallest absolute Gasteiger partial charge is 0.307 e. The van der Waals surface area contributed by atoms with Gasteiger partial charge in [0.25, 0.3) is 0 Å². The average molecular weight is 387 g/mol. The molecule has 28 heavy (non-hydrogen) atoms. The molecular weight excluding hydrogens is 358 g/mol. The van der Waals surface area contributed by atoms with Crippen LogP contribution in [0, 0.1) is 5.92 Å². The Bertz CT molecular complexity index is 709. The second kappa shape index (κ2) is 11.2. The molecule has 6 heteroatoms. The molecule has 1 aliphatic rings. The van der Waals surface area contributed by atoms with E-state index >= 15 is 0 Å². The normalized spacial score (nSPS) is 13.2. The summed E-state index contributed by atoms with van der Waals surface area (Å²) in [7, 11) is 1.57. The van der Waals surface area contributed by atoms with Crippen molar-refractivity contribution in [3.05, 3.63) is 42.5 Å². The van der Waals surface area contributed by atoms with Crippen LogP contribution in [0.3, 0.4) is 0 Å². The zero-order valence-corrected chi connectivity index (χ0v) is 16.7. The second-order valence-corrected chi connectivity index (χ2v) is 6.63. The molecule has 1 aliphatic carbocycles. The van der Waals surface area contributed by atoms with Crippen LogP contribution >= 0.6 is 0 Å². The second-order valence-electron chi connectivity index (χ2n) is 6.63. The van der Waals surface area contributed by atoms with Crippen molar-refractivity contribution >= 4 is 18.0 Å². The zero-order valence-electron chi connectivity index (χ0n) is 16.7. The monoisotopic (exact) mass is 387 g/mol. The van der Waals surface area contributed by atoms with Crippen molar-refractivity contribution in [3.63, 3.8) is 0 Å². The van der Waals surface area contributed by atoms with Crippen LogP contribution in [0.25, 0.3) is 6.08 Å². The maximum Gasteiger partial charge on any atom is 0.307 e. The van der Waals surface area contributed by atoms with Crippen molar-refractivity contribution in [3.8, 4) is 11.5 Å². The molecular formula is C22H29NO5. The third-order valence-corrected chi connectivity index (χ3v) is 4.34. The lowest BCUT2D eigenvalue weighted by Crippen LogP contribution is -2.33. The summed E-state index contributed by atoms with van der Waals surface area (Å²) in [5.41, 5.74) is 0.827. The topological polar surface area (TPSA) is 65.1 Å². The Labute approximate surface area is 166 Å². The maximum atomic E-state index is 12.6. The minimum Gasteiger partial charge on any atom is -0.493 e. The minimum atomic E-state index is -0.278. The highest BCUT2D eigenvalue weighted by atomic mass is 16.5. The van der Waals surface area contributed by atoms with Gasteiger partial charge < -0.3 is 19.1 Å². The fourth-order valence-corrected chi connectivity index (χ4v) is 2.69. The third kappa shape index (κ3) is 7.10. The molecule has 0 heterocycles. The van der Waals surface area contributed by atoms with Gasteiger partial charge in [0.15, 0.2) is 11.5 Å². The van der Waals surface area contributed by atoms with Gasteiger partial charge in [-0.15, -0.1) is 0 Å². The average Bonchev–Trinajstić information content (AvgIpc) is 3.52. The van der Waals surface area contributed by atoms with Crippen molar-refractivity contribution in [1.82, 2.24) is 4.90 Å². The van der Waals surface area contributed by atoms with Gasteiger partial charge in [0.1, 0.15) is 6.61 Å². The molecule has 0 aromatic heterocycles. The summed E-state index contributed by atoms with van der Waals surface area (Å²) < 4.78 is 15.8. The summed E-state index contributed by atoms with van der Waals surface area (Å²) in [5.74, 6) is 1.37. The molecule has 2 rings (SSSR count). The van der Waals surface area contributed by atoms with E-state index in [1.165, 1.54) is 6.08 Å². The van der Waals surface area contributed by atoms with Crippen LogP contribution in [-0.4, -0.2) is 50.2 Å². The van der Waals surface area contributed by atoms with Crippen LogP contribution in [0.5, 0.6) is 11.5 Å². The molecule has 1 fully saturated rings. The molecule has 0 N–H and O–H groups in total. The number of carbonyl (C=O) groups excluding carboxylic acids is 2. The standard InChI is InChI=1S/C22H29NO5/c1-4-14-28-19-10-8-17(15-20(19)26-3)9-11-21(24)23(16-18-6-7-18)13-12-22(25)27-5-2/h4,8-11,15,18H,1,5-7,12-14,16H2,2-3H3/b11-9+. The SMILES string of the molecule is C=CCOc1ccc(/C=C/C(=O)N(CCC(=O)OCC)CC2CC2)cc1OC. The first-order chi connectivity index (χ1) is 13.6. The van der Waals surface area contributed by atoms with Crippen LogP contribution in [0.4, 0.5) is 0 Å². The number of nitrogens with zero attached hydrogens (tertiary/aromatic N) is 1. The van der Waals surface area contributed by atoms with Crippen LogP contribution in [0.15, 0.2) is 36.9 Å². The van der Waals surface area contributed by atoms with Gasteiger partial charge in [-0.05, 0) is 49.5 Å². The van der Waals surface area contributed by atoms with Crippen LogP contribution in [-0.2, 0) is 14.3 Å². The van der Waals surface area contributed by atoms with E-state index < -0.39 is 0 Å². The van der Waals surface area contributed by atoms with Crippen LogP contribution in [0.2, 0.25) is 0 Å². The van der Waals surface area contributed by atoms with Gasteiger partial charge in [-0.25, -0.2) is 0 Å². The first-order valence-corrected chi connectivity index (χ1v) is 9.61. The number of carbonyl (C=O) groups is 2. The van der Waals surface area contributed by atoms with E-state index in [4.69, 9.17) is 14.2 Å². The summed E-state index contributed by atoms with van der Waals surface area (Å²) in [5, 5.41) is 0. The molecule has 0 spiro atoms. The molecule has 0 radical (unpaired) electrons. The summed E-state index contributed by atoms with van der Waals surface area (Å²) in [6.07, 6.45) is 7.42.